The van der Waals surface area contributed by atoms with Crippen molar-refractivity contribution in [1.29, 1.82) is 0 Å². The lowest BCUT2D eigenvalue weighted by Crippen LogP contribution is -2.28. The van der Waals surface area contributed by atoms with Crippen LogP contribution in [0.25, 0.3) is 0 Å². The molecule has 1 fully saturated rings. The maximum atomic E-state index is 12.4. The lowest BCUT2D eigenvalue weighted by Gasteiger charge is -2.19. The number of carbonyl (C=O) groups excluding carboxylic acids is 2. The zero-order valence-electron chi connectivity index (χ0n) is 13.1. The summed E-state index contributed by atoms with van der Waals surface area (Å²) >= 11 is 3.41. The number of nitrogens with one attached hydrogen (secondary N) is 1. The monoisotopic (exact) mass is 388 g/mol. The van der Waals surface area contributed by atoms with E-state index in [1.54, 1.807) is 23.1 Å². The summed E-state index contributed by atoms with van der Waals surface area (Å²) in [5.41, 5.74) is 2.15. The Morgan fingerprint density at radius 3 is 2.75 bits per heavy atom. The molecule has 2 aromatic rings. The maximum absolute atomic E-state index is 12.4. The fourth-order valence-corrected chi connectivity index (χ4v) is 3.33. The van der Waals surface area contributed by atoms with E-state index in [1.807, 2.05) is 25.1 Å². The van der Waals surface area contributed by atoms with Crippen LogP contribution >= 0.6 is 15.9 Å². The normalized spacial score (nSPS) is 17.2. The summed E-state index contributed by atoms with van der Waals surface area (Å²) in [6.45, 7) is 2.27. The van der Waals surface area contributed by atoms with E-state index in [-0.39, 0.29) is 24.0 Å². The van der Waals surface area contributed by atoms with Crippen LogP contribution in [-0.2, 0) is 9.59 Å². The van der Waals surface area contributed by atoms with Crippen molar-refractivity contribution < 1.29 is 14.7 Å². The number of aromatic hydroxyl groups is 1. The summed E-state index contributed by atoms with van der Waals surface area (Å²) < 4.78 is 0.948. The molecule has 0 aromatic heterocycles. The molecular formula is C18H17BrN2O3. The van der Waals surface area contributed by atoms with Gasteiger partial charge in [0.25, 0.3) is 0 Å². The van der Waals surface area contributed by atoms with E-state index in [4.69, 9.17) is 0 Å². The van der Waals surface area contributed by atoms with Gasteiger partial charge in [0.2, 0.25) is 11.8 Å². The van der Waals surface area contributed by atoms with Crippen LogP contribution in [0.2, 0.25) is 0 Å². The molecule has 0 bridgehead atoms. The number of phenolic OH excluding ortho intramolecular Hbond substituents is 1. The molecular weight excluding hydrogens is 372 g/mol. The Morgan fingerprint density at radius 2 is 2.04 bits per heavy atom. The molecule has 2 N–H and O–H groups in total. The fourth-order valence-electron chi connectivity index (χ4n) is 2.85. The number of nitrogens with zero attached hydrogens (tertiary/aromatic N) is 1. The molecule has 0 saturated carbocycles. The molecule has 2 amide bonds. The van der Waals surface area contributed by atoms with Crippen LogP contribution in [0, 0.1) is 12.8 Å². The van der Waals surface area contributed by atoms with Crippen molar-refractivity contribution in [3.8, 4) is 5.75 Å². The quantitative estimate of drug-likeness (QED) is 0.791. The third-order valence-electron chi connectivity index (χ3n) is 4.11. The number of carbonyl (C=O) groups is 2. The number of phenols is 1. The van der Waals surface area contributed by atoms with Gasteiger partial charge >= 0.3 is 0 Å². The van der Waals surface area contributed by atoms with Gasteiger partial charge in [-0.2, -0.15) is 0 Å². The number of hydrogen-bond acceptors (Lipinski definition) is 3. The van der Waals surface area contributed by atoms with Crippen molar-refractivity contribution in [1.82, 2.24) is 0 Å². The predicted molar refractivity (Wildman–Crippen MR) is 96.1 cm³/mol. The van der Waals surface area contributed by atoms with Gasteiger partial charge in [-0.25, -0.2) is 0 Å². The first-order valence-corrected chi connectivity index (χ1v) is 8.40. The molecule has 0 radical (unpaired) electrons. The molecule has 1 aliphatic rings. The second-order valence-electron chi connectivity index (χ2n) is 5.84. The standard InChI is InChI=1S/C18H17BrN2O3/c1-11-8-13(19)6-7-15(11)21-10-12(9-17(21)23)18(24)20-14-4-2-3-5-16(14)22/h2-8,12,22H,9-10H2,1H3,(H,20,24)/t12-/m1/s1. The van der Waals surface area contributed by atoms with E-state index in [2.05, 4.69) is 21.2 Å². The first-order valence-electron chi connectivity index (χ1n) is 7.61. The topological polar surface area (TPSA) is 69.6 Å². The van der Waals surface area contributed by atoms with Gasteiger partial charge in [0.05, 0.1) is 11.6 Å². The lowest BCUT2D eigenvalue weighted by atomic mass is 10.1. The molecule has 5 nitrogen and oxygen atoms in total. The van der Waals surface area contributed by atoms with Crippen molar-refractivity contribution in [2.45, 2.75) is 13.3 Å². The van der Waals surface area contributed by atoms with Crippen LogP contribution in [0.4, 0.5) is 11.4 Å². The Bertz CT molecular complexity index is 807. The number of para-hydroxylation sites is 2. The molecule has 2 aromatic carbocycles. The van der Waals surface area contributed by atoms with Crippen molar-refractivity contribution in [3.05, 3.63) is 52.5 Å². The predicted octanol–water partition coefficient (Wildman–Crippen LogP) is 3.45. The van der Waals surface area contributed by atoms with Gasteiger partial charge < -0.3 is 15.3 Å². The van der Waals surface area contributed by atoms with Crippen molar-refractivity contribution in [2.24, 2.45) is 5.92 Å². The van der Waals surface area contributed by atoms with Gasteiger partial charge in [-0.05, 0) is 42.8 Å². The highest BCUT2D eigenvalue weighted by molar-refractivity contribution is 9.10. The van der Waals surface area contributed by atoms with Crippen molar-refractivity contribution >= 4 is 39.1 Å². The average Bonchev–Trinajstić information content (AvgIpc) is 2.91. The van der Waals surface area contributed by atoms with Crippen molar-refractivity contribution in [2.75, 3.05) is 16.8 Å². The number of anilines is 2. The van der Waals surface area contributed by atoms with E-state index in [0.29, 0.717) is 12.2 Å². The van der Waals surface area contributed by atoms with Gasteiger partial charge in [-0.3, -0.25) is 9.59 Å². The number of benzene rings is 2. The van der Waals surface area contributed by atoms with Gasteiger partial charge in [-0.1, -0.05) is 28.1 Å². The zero-order valence-corrected chi connectivity index (χ0v) is 14.7. The Morgan fingerprint density at radius 1 is 1.29 bits per heavy atom. The molecule has 3 rings (SSSR count). The SMILES string of the molecule is Cc1cc(Br)ccc1N1C[C@H](C(=O)Nc2ccccc2O)CC1=O. The highest BCUT2D eigenvalue weighted by Gasteiger charge is 2.35. The van der Waals surface area contributed by atoms with Crippen LogP contribution in [-0.4, -0.2) is 23.5 Å². The van der Waals surface area contributed by atoms with Crippen molar-refractivity contribution in [3.63, 3.8) is 0 Å². The number of rotatable bonds is 3. The summed E-state index contributed by atoms with van der Waals surface area (Å²) in [6, 6.07) is 12.2. The minimum Gasteiger partial charge on any atom is -0.506 e. The van der Waals surface area contributed by atoms with E-state index in [9.17, 15) is 14.7 Å². The summed E-state index contributed by atoms with van der Waals surface area (Å²) in [6.07, 6.45) is 0.162. The lowest BCUT2D eigenvalue weighted by molar-refractivity contribution is -0.122. The van der Waals surface area contributed by atoms with Crippen LogP contribution in [0.1, 0.15) is 12.0 Å². The van der Waals surface area contributed by atoms with Gasteiger partial charge in [-0.15, -0.1) is 0 Å². The number of hydrogen-bond donors (Lipinski definition) is 2. The number of aryl methyl sites for hydroxylation is 1. The largest absolute Gasteiger partial charge is 0.506 e. The van der Waals surface area contributed by atoms with Gasteiger partial charge in [0, 0.05) is 23.1 Å². The third-order valence-corrected chi connectivity index (χ3v) is 4.60. The molecule has 1 heterocycles. The summed E-state index contributed by atoms with van der Waals surface area (Å²) in [4.78, 5) is 26.4. The third kappa shape index (κ3) is 3.28. The Kier molecular flexibility index (Phi) is 4.57. The number of halogens is 1. The van der Waals surface area contributed by atoms with E-state index in [0.717, 1.165) is 15.7 Å². The summed E-state index contributed by atoms with van der Waals surface area (Å²) in [5, 5.41) is 12.4. The Labute approximate surface area is 148 Å². The first kappa shape index (κ1) is 16.5. The smallest absolute Gasteiger partial charge is 0.229 e. The Balaban J connectivity index is 1.74. The molecule has 0 aliphatic carbocycles. The minimum atomic E-state index is -0.444. The second kappa shape index (κ2) is 6.65. The minimum absolute atomic E-state index is 0.00998. The summed E-state index contributed by atoms with van der Waals surface area (Å²) in [5.74, 6) is -0.768. The van der Waals surface area contributed by atoms with E-state index in [1.165, 1.54) is 6.07 Å². The first-order chi connectivity index (χ1) is 11.5. The molecule has 24 heavy (non-hydrogen) atoms. The van der Waals surface area contributed by atoms with Crippen LogP contribution in [0.3, 0.4) is 0 Å². The van der Waals surface area contributed by atoms with Crippen LogP contribution in [0.5, 0.6) is 5.75 Å². The average molecular weight is 389 g/mol. The molecule has 6 heteroatoms. The van der Waals surface area contributed by atoms with Crippen LogP contribution < -0.4 is 10.2 Å². The molecule has 124 valence electrons. The van der Waals surface area contributed by atoms with E-state index >= 15 is 0 Å². The Hall–Kier alpha value is -2.34. The molecule has 1 atom stereocenters. The molecule has 1 aliphatic heterocycles. The maximum Gasteiger partial charge on any atom is 0.229 e. The molecule has 0 unspecified atom stereocenters. The van der Waals surface area contributed by atoms with Crippen LogP contribution in [0.15, 0.2) is 46.9 Å². The summed E-state index contributed by atoms with van der Waals surface area (Å²) in [7, 11) is 0. The second-order valence-corrected chi connectivity index (χ2v) is 6.76. The van der Waals surface area contributed by atoms with E-state index < -0.39 is 5.92 Å². The highest BCUT2D eigenvalue weighted by atomic mass is 79.9. The molecule has 0 spiro atoms. The zero-order chi connectivity index (χ0) is 17.3. The van der Waals surface area contributed by atoms with Gasteiger partial charge in [0.1, 0.15) is 5.75 Å². The molecule has 1 saturated heterocycles. The fraction of sp³-hybridized carbons (Fsp3) is 0.222. The van der Waals surface area contributed by atoms with Gasteiger partial charge in [0.15, 0.2) is 0 Å². The highest BCUT2D eigenvalue weighted by Crippen LogP contribution is 2.31. The number of amides is 2.